The van der Waals surface area contributed by atoms with Crippen LogP contribution in [0.2, 0.25) is 10.3 Å². The van der Waals surface area contributed by atoms with Gasteiger partial charge in [-0.25, -0.2) is 9.97 Å². The molecule has 100 valence electrons. The van der Waals surface area contributed by atoms with Crippen molar-refractivity contribution in [3.8, 4) is 0 Å². The first-order valence-corrected chi connectivity index (χ1v) is 8.23. The second-order valence-electron chi connectivity index (χ2n) is 3.77. The molecule has 1 heterocycles. The molecule has 19 heavy (non-hydrogen) atoms. The smallest absolute Gasteiger partial charge is 0.142 e. The molecule has 0 bridgehead atoms. The third kappa shape index (κ3) is 3.85. The van der Waals surface area contributed by atoms with Crippen molar-refractivity contribution in [2.45, 2.75) is 24.0 Å². The molecule has 6 heteroatoms. The molecule has 0 fully saturated rings. The van der Waals surface area contributed by atoms with Crippen LogP contribution in [-0.4, -0.2) is 9.97 Å². The summed E-state index contributed by atoms with van der Waals surface area (Å²) in [5, 5.41) is 0.899. The van der Waals surface area contributed by atoms with Gasteiger partial charge >= 0.3 is 0 Å². The average molecular weight is 378 g/mol. The maximum Gasteiger partial charge on any atom is 0.142 e. The standard InChI is InChI=1S/C13H11BrCl2N2S/c1-2-8-12(15)17-11(18-13(8)16)7-19-10-6-4-3-5-9(10)14/h3-6H,2,7H2,1H3. The van der Waals surface area contributed by atoms with E-state index in [4.69, 9.17) is 23.2 Å². The molecule has 0 amide bonds. The molecule has 2 aromatic rings. The van der Waals surface area contributed by atoms with Crippen LogP contribution in [0.3, 0.4) is 0 Å². The molecule has 0 spiro atoms. The average Bonchev–Trinajstić information content (AvgIpc) is 2.37. The normalized spacial score (nSPS) is 10.7. The molecule has 2 nitrogen and oxygen atoms in total. The fourth-order valence-electron chi connectivity index (χ4n) is 1.53. The van der Waals surface area contributed by atoms with E-state index in [0.29, 0.717) is 21.9 Å². The van der Waals surface area contributed by atoms with Crippen molar-refractivity contribution in [3.05, 3.63) is 50.4 Å². The van der Waals surface area contributed by atoms with Crippen molar-refractivity contribution in [2.24, 2.45) is 0 Å². The van der Waals surface area contributed by atoms with Gasteiger partial charge in [-0.2, -0.15) is 0 Å². The predicted molar refractivity (Wildman–Crippen MR) is 85.1 cm³/mol. The highest BCUT2D eigenvalue weighted by molar-refractivity contribution is 9.10. The van der Waals surface area contributed by atoms with Gasteiger partial charge < -0.3 is 0 Å². The van der Waals surface area contributed by atoms with Gasteiger partial charge in [0.2, 0.25) is 0 Å². The number of thioether (sulfide) groups is 1. The van der Waals surface area contributed by atoms with E-state index in [-0.39, 0.29) is 0 Å². The Balaban J connectivity index is 2.15. The van der Waals surface area contributed by atoms with Gasteiger partial charge in [0.25, 0.3) is 0 Å². The molecule has 0 N–H and O–H groups in total. The van der Waals surface area contributed by atoms with E-state index in [1.165, 1.54) is 0 Å². The summed E-state index contributed by atoms with van der Waals surface area (Å²) in [6, 6.07) is 8.02. The zero-order chi connectivity index (χ0) is 13.8. The summed E-state index contributed by atoms with van der Waals surface area (Å²) in [7, 11) is 0. The first kappa shape index (κ1) is 15.1. The van der Waals surface area contributed by atoms with Crippen LogP contribution in [-0.2, 0) is 12.2 Å². The zero-order valence-corrected chi connectivity index (χ0v) is 14.1. The molecule has 0 saturated heterocycles. The Bertz CT molecular complexity index is 570. The number of hydrogen-bond acceptors (Lipinski definition) is 3. The monoisotopic (exact) mass is 376 g/mol. The van der Waals surface area contributed by atoms with Crippen LogP contribution in [0, 0.1) is 0 Å². The van der Waals surface area contributed by atoms with Crippen molar-refractivity contribution in [1.29, 1.82) is 0 Å². The lowest BCUT2D eigenvalue weighted by atomic mass is 10.3. The minimum absolute atomic E-state index is 0.449. The number of aromatic nitrogens is 2. The quantitative estimate of drug-likeness (QED) is 0.526. The topological polar surface area (TPSA) is 25.8 Å². The summed E-state index contributed by atoms with van der Waals surface area (Å²) >= 11 is 17.3. The summed E-state index contributed by atoms with van der Waals surface area (Å²) in [4.78, 5) is 9.70. The van der Waals surface area contributed by atoms with E-state index in [1.807, 2.05) is 31.2 Å². The van der Waals surface area contributed by atoms with E-state index < -0.39 is 0 Å². The molecule has 0 saturated carbocycles. The zero-order valence-electron chi connectivity index (χ0n) is 10.2. The second-order valence-corrected chi connectivity index (χ2v) is 6.36. The Labute approximate surface area is 135 Å². The van der Waals surface area contributed by atoms with Crippen LogP contribution in [0.25, 0.3) is 0 Å². The molecule has 0 radical (unpaired) electrons. The molecular formula is C13H11BrCl2N2S. The number of halogens is 3. The summed E-state index contributed by atoms with van der Waals surface area (Å²) in [6.45, 7) is 1.98. The van der Waals surface area contributed by atoms with Crippen LogP contribution < -0.4 is 0 Å². The fourth-order valence-corrected chi connectivity index (χ4v) is 3.64. The molecular weight excluding hydrogens is 367 g/mol. The number of hydrogen-bond donors (Lipinski definition) is 0. The van der Waals surface area contributed by atoms with Crippen LogP contribution in [0.1, 0.15) is 18.3 Å². The van der Waals surface area contributed by atoms with Gasteiger partial charge in [0, 0.05) is 14.9 Å². The minimum atomic E-state index is 0.449. The highest BCUT2D eigenvalue weighted by atomic mass is 79.9. The van der Waals surface area contributed by atoms with E-state index in [0.717, 1.165) is 21.4 Å². The van der Waals surface area contributed by atoms with Gasteiger partial charge in [-0.3, -0.25) is 0 Å². The van der Waals surface area contributed by atoms with Crippen molar-refractivity contribution in [3.63, 3.8) is 0 Å². The van der Waals surface area contributed by atoms with Crippen LogP contribution in [0.15, 0.2) is 33.6 Å². The first-order chi connectivity index (χ1) is 9.11. The van der Waals surface area contributed by atoms with Gasteiger partial charge in [0.05, 0.1) is 5.75 Å². The SMILES string of the molecule is CCc1c(Cl)nc(CSc2ccccc2Br)nc1Cl. The van der Waals surface area contributed by atoms with Gasteiger partial charge in [-0.05, 0) is 34.5 Å². The summed E-state index contributed by atoms with van der Waals surface area (Å²) in [5.74, 6) is 1.28. The summed E-state index contributed by atoms with van der Waals surface area (Å²) < 4.78 is 1.06. The largest absolute Gasteiger partial charge is 0.220 e. The minimum Gasteiger partial charge on any atom is -0.220 e. The molecule has 0 aliphatic rings. The van der Waals surface area contributed by atoms with Gasteiger partial charge in [-0.1, -0.05) is 42.3 Å². The Hall–Kier alpha value is -0.290. The van der Waals surface area contributed by atoms with E-state index in [2.05, 4.69) is 25.9 Å². The number of nitrogens with zero attached hydrogens (tertiary/aromatic N) is 2. The molecule has 0 atom stereocenters. The highest BCUT2D eigenvalue weighted by Gasteiger charge is 2.10. The molecule has 0 aliphatic carbocycles. The van der Waals surface area contributed by atoms with Gasteiger partial charge in [0.15, 0.2) is 0 Å². The number of benzene rings is 1. The number of rotatable bonds is 4. The Morgan fingerprint density at radius 2 is 1.79 bits per heavy atom. The van der Waals surface area contributed by atoms with E-state index in [9.17, 15) is 0 Å². The lowest BCUT2D eigenvalue weighted by Crippen LogP contribution is -1.98. The van der Waals surface area contributed by atoms with Crippen LogP contribution in [0.5, 0.6) is 0 Å². The van der Waals surface area contributed by atoms with Gasteiger partial charge in [-0.15, -0.1) is 11.8 Å². The Morgan fingerprint density at radius 3 is 2.37 bits per heavy atom. The van der Waals surface area contributed by atoms with Gasteiger partial charge in [0.1, 0.15) is 16.1 Å². The summed E-state index contributed by atoms with van der Waals surface area (Å²) in [6.07, 6.45) is 0.731. The fraction of sp³-hybridized carbons (Fsp3) is 0.231. The predicted octanol–water partition coefficient (Wildman–Crippen LogP) is 5.40. The van der Waals surface area contributed by atoms with Crippen molar-refractivity contribution < 1.29 is 0 Å². The van der Waals surface area contributed by atoms with Crippen LogP contribution >= 0.6 is 50.9 Å². The third-order valence-corrected chi connectivity index (χ3v) is 5.15. The van der Waals surface area contributed by atoms with Crippen LogP contribution in [0.4, 0.5) is 0 Å². The van der Waals surface area contributed by atoms with Crippen molar-refractivity contribution >= 4 is 50.9 Å². The molecule has 2 rings (SSSR count). The lowest BCUT2D eigenvalue weighted by molar-refractivity contribution is 0.979. The maximum atomic E-state index is 6.09. The van der Waals surface area contributed by atoms with Crippen molar-refractivity contribution in [2.75, 3.05) is 0 Å². The van der Waals surface area contributed by atoms with Crippen molar-refractivity contribution in [1.82, 2.24) is 9.97 Å². The molecule has 1 aromatic heterocycles. The Morgan fingerprint density at radius 1 is 1.16 bits per heavy atom. The molecule has 0 unspecified atom stereocenters. The highest BCUT2D eigenvalue weighted by Crippen LogP contribution is 2.30. The second kappa shape index (κ2) is 6.93. The third-order valence-electron chi connectivity index (χ3n) is 2.50. The lowest BCUT2D eigenvalue weighted by Gasteiger charge is -2.07. The molecule has 1 aromatic carbocycles. The summed E-state index contributed by atoms with van der Waals surface area (Å²) in [5.41, 5.74) is 0.804. The first-order valence-electron chi connectivity index (χ1n) is 5.70. The maximum absolute atomic E-state index is 6.09. The Kier molecular flexibility index (Phi) is 5.51. The van der Waals surface area contributed by atoms with E-state index in [1.54, 1.807) is 11.8 Å². The van der Waals surface area contributed by atoms with E-state index >= 15 is 0 Å². The molecule has 0 aliphatic heterocycles.